The van der Waals surface area contributed by atoms with Gasteiger partial charge in [0, 0.05) is 10.9 Å². The highest BCUT2D eigenvalue weighted by atomic mass is 32.2. The third kappa shape index (κ3) is 3.50. The van der Waals surface area contributed by atoms with E-state index in [0.717, 1.165) is 0 Å². The van der Waals surface area contributed by atoms with E-state index in [2.05, 4.69) is 23.5 Å². The van der Waals surface area contributed by atoms with Crippen molar-refractivity contribution in [1.82, 2.24) is 5.32 Å². The van der Waals surface area contributed by atoms with Crippen LogP contribution in [0.25, 0.3) is 0 Å². The van der Waals surface area contributed by atoms with Crippen LogP contribution in [-0.2, 0) is 17.6 Å². The van der Waals surface area contributed by atoms with Gasteiger partial charge < -0.3 is 5.32 Å². The first-order chi connectivity index (χ1) is 8.15. The molecule has 0 atom stereocenters. The minimum atomic E-state index is 0.116. The number of nitrogens with one attached hydrogen (secondary N) is 1. The number of carbonyl (C=O) groups excluding carboxylic acids is 1. The van der Waals surface area contributed by atoms with Gasteiger partial charge in [-0.3, -0.25) is 4.79 Å². The average Bonchev–Trinajstić information content (AvgIpc) is 2.72. The number of amides is 1. The van der Waals surface area contributed by atoms with Crippen molar-refractivity contribution in [2.45, 2.75) is 44.0 Å². The van der Waals surface area contributed by atoms with Gasteiger partial charge in [-0.1, -0.05) is 6.07 Å². The van der Waals surface area contributed by atoms with E-state index in [4.69, 9.17) is 0 Å². The van der Waals surface area contributed by atoms with E-state index in [1.54, 1.807) is 11.8 Å². The normalized spacial score (nSPS) is 13.8. The molecule has 0 saturated carbocycles. The molecule has 1 aromatic carbocycles. The van der Waals surface area contributed by atoms with Crippen LogP contribution in [-0.4, -0.2) is 17.7 Å². The maximum atomic E-state index is 11.5. The minimum absolute atomic E-state index is 0.116. The topological polar surface area (TPSA) is 29.1 Å². The third-order valence-electron chi connectivity index (χ3n) is 2.89. The molecule has 0 unspecified atom stereocenters. The molecule has 0 fully saturated rings. The van der Waals surface area contributed by atoms with Crippen LogP contribution in [0.5, 0.6) is 0 Å². The number of hydrogen-bond donors (Lipinski definition) is 1. The molecule has 1 aromatic rings. The van der Waals surface area contributed by atoms with Crippen LogP contribution in [0, 0.1) is 0 Å². The molecule has 0 spiro atoms. The van der Waals surface area contributed by atoms with E-state index in [1.807, 2.05) is 13.8 Å². The number of benzene rings is 1. The summed E-state index contributed by atoms with van der Waals surface area (Å²) in [4.78, 5) is 12.7. The largest absolute Gasteiger partial charge is 0.353 e. The summed E-state index contributed by atoms with van der Waals surface area (Å²) >= 11 is 1.62. The van der Waals surface area contributed by atoms with Crippen LogP contribution in [0.1, 0.15) is 31.4 Å². The number of aryl methyl sites for hydroxylation is 2. The van der Waals surface area contributed by atoms with Crippen LogP contribution in [0.3, 0.4) is 0 Å². The first-order valence-corrected chi connectivity index (χ1v) is 7.17. The number of rotatable bonds is 4. The Morgan fingerprint density at radius 1 is 1.35 bits per heavy atom. The maximum absolute atomic E-state index is 11.5. The molecule has 2 rings (SSSR count). The Hall–Kier alpha value is -0.960. The second-order valence-corrected chi connectivity index (χ2v) is 5.84. The lowest BCUT2D eigenvalue weighted by Gasteiger charge is -2.08. The van der Waals surface area contributed by atoms with Crippen LogP contribution in [0.4, 0.5) is 0 Å². The highest BCUT2D eigenvalue weighted by Gasteiger charge is 2.11. The van der Waals surface area contributed by atoms with Gasteiger partial charge in [-0.25, -0.2) is 0 Å². The average molecular weight is 249 g/mol. The molecule has 92 valence electrons. The van der Waals surface area contributed by atoms with Gasteiger partial charge in [0.2, 0.25) is 5.91 Å². The Bertz CT molecular complexity index is 415. The summed E-state index contributed by atoms with van der Waals surface area (Å²) in [7, 11) is 0. The van der Waals surface area contributed by atoms with Crippen molar-refractivity contribution < 1.29 is 4.79 Å². The SMILES string of the molecule is CC(C)NC(=O)CSc1ccc2c(c1)CCC2. The zero-order chi connectivity index (χ0) is 12.3. The molecule has 2 nitrogen and oxygen atoms in total. The fourth-order valence-electron chi connectivity index (χ4n) is 2.15. The van der Waals surface area contributed by atoms with E-state index < -0.39 is 0 Å². The quantitative estimate of drug-likeness (QED) is 0.831. The summed E-state index contributed by atoms with van der Waals surface area (Å²) in [5.74, 6) is 0.627. The molecule has 1 amide bonds. The van der Waals surface area contributed by atoms with Gasteiger partial charge in [0.25, 0.3) is 0 Å². The summed E-state index contributed by atoms with van der Waals surface area (Å²) < 4.78 is 0. The van der Waals surface area contributed by atoms with Gasteiger partial charge >= 0.3 is 0 Å². The Labute approximate surface area is 107 Å². The van der Waals surface area contributed by atoms with Gasteiger partial charge in [-0.15, -0.1) is 11.8 Å². The fourth-order valence-corrected chi connectivity index (χ4v) is 2.92. The zero-order valence-corrected chi connectivity index (χ0v) is 11.3. The monoisotopic (exact) mass is 249 g/mol. The molecule has 17 heavy (non-hydrogen) atoms. The minimum Gasteiger partial charge on any atom is -0.353 e. The highest BCUT2D eigenvalue weighted by molar-refractivity contribution is 8.00. The molecular weight excluding hydrogens is 230 g/mol. The summed E-state index contributed by atoms with van der Waals surface area (Å²) in [6.45, 7) is 3.97. The van der Waals surface area contributed by atoms with Crippen molar-refractivity contribution in [3.05, 3.63) is 29.3 Å². The van der Waals surface area contributed by atoms with E-state index >= 15 is 0 Å². The molecule has 1 N–H and O–H groups in total. The lowest BCUT2D eigenvalue weighted by Crippen LogP contribution is -2.31. The van der Waals surface area contributed by atoms with E-state index in [9.17, 15) is 4.79 Å². The standard InChI is InChI=1S/C14H19NOS/c1-10(2)15-14(16)9-17-13-7-6-11-4-3-5-12(11)8-13/h6-8,10H,3-5,9H2,1-2H3,(H,15,16). The van der Waals surface area contributed by atoms with Gasteiger partial charge in [0.15, 0.2) is 0 Å². The fraction of sp³-hybridized carbons (Fsp3) is 0.500. The van der Waals surface area contributed by atoms with Crippen LogP contribution >= 0.6 is 11.8 Å². The molecular formula is C14H19NOS. The van der Waals surface area contributed by atoms with Crippen molar-refractivity contribution in [3.8, 4) is 0 Å². The predicted molar refractivity (Wildman–Crippen MR) is 72.5 cm³/mol. The molecule has 0 bridgehead atoms. The van der Waals surface area contributed by atoms with Gasteiger partial charge in [-0.2, -0.15) is 0 Å². The second-order valence-electron chi connectivity index (χ2n) is 4.79. The number of hydrogen-bond acceptors (Lipinski definition) is 2. The lowest BCUT2D eigenvalue weighted by molar-refractivity contribution is -0.119. The predicted octanol–water partition coefficient (Wildman–Crippen LogP) is 2.79. The van der Waals surface area contributed by atoms with Crippen molar-refractivity contribution >= 4 is 17.7 Å². The Balaban J connectivity index is 1.89. The second kappa shape index (κ2) is 5.58. The molecule has 0 radical (unpaired) electrons. The van der Waals surface area contributed by atoms with Crippen molar-refractivity contribution in [3.63, 3.8) is 0 Å². The van der Waals surface area contributed by atoms with E-state index in [1.165, 1.54) is 35.3 Å². The summed E-state index contributed by atoms with van der Waals surface area (Å²) in [6, 6.07) is 6.82. The van der Waals surface area contributed by atoms with Crippen LogP contribution in [0.15, 0.2) is 23.1 Å². The van der Waals surface area contributed by atoms with Gasteiger partial charge in [-0.05, 0) is 56.4 Å². The molecule has 3 heteroatoms. The van der Waals surface area contributed by atoms with E-state index in [-0.39, 0.29) is 11.9 Å². The molecule has 0 saturated heterocycles. The molecule has 0 aromatic heterocycles. The van der Waals surface area contributed by atoms with Crippen molar-refractivity contribution in [2.75, 3.05) is 5.75 Å². The number of thioether (sulfide) groups is 1. The van der Waals surface area contributed by atoms with Gasteiger partial charge in [0.05, 0.1) is 5.75 Å². The van der Waals surface area contributed by atoms with E-state index in [0.29, 0.717) is 5.75 Å². The first-order valence-electron chi connectivity index (χ1n) is 6.19. The number of fused-ring (bicyclic) bond motifs is 1. The molecule has 0 heterocycles. The van der Waals surface area contributed by atoms with Gasteiger partial charge in [0.1, 0.15) is 0 Å². The smallest absolute Gasteiger partial charge is 0.230 e. The highest BCUT2D eigenvalue weighted by Crippen LogP contribution is 2.27. The Morgan fingerprint density at radius 2 is 2.12 bits per heavy atom. The Kier molecular flexibility index (Phi) is 4.11. The molecule has 0 aliphatic heterocycles. The van der Waals surface area contributed by atoms with Crippen LogP contribution < -0.4 is 5.32 Å². The lowest BCUT2D eigenvalue weighted by atomic mass is 10.1. The molecule has 1 aliphatic rings. The summed E-state index contributed by atoms with van der Waals surface area (Å²) in [6.07, 6.45) is 3.69. The summed E-state index contributed by atoms with van der Waals surface area (Å²) in [5.41, 5.74) is 2.96. The van der Waals surface area contributed by atoms with Crippen molar-refractivity contribution in [2.24, 2.45) is 0 Å². The van der Waals surface area contributed by atoms with Crippen molar-refractivity contribution in [1.29, 1.82) is 0 Å². The zero-order valence-electron chi connectivity index (χ0n) is 10.5. The summed E-state index contributed by atoms with van der Waals surface area (Å²) in [5, 5.41) is 2.91. The third-order valence-corrected chi connectivity index (χ3v) is 3.88. The number of carbonyl (C=O) groups is 1. The first kappa shape index (κ1) is 12.5. The Morgan fingerprint density at radius 3 is 2.88 bits per heavy atom. The van der Waals surface area contributed by atoms with Crippen LogP contribution in [0.2, 0.25) is 0 Å². The molecule has 1 aliphatic carbocycles. The maximum Gasteiger partial charge on any atom is 0.230 e.